The van der Waals surface area contributed by atoms with Crippen LogP contribution in [0.4, 0.5) is 11.4 Å². The summed E-state index contributed by atoms with van der Waals surface area (Å²) < 4.78 is 1.50. The second-order valence-corrected chi connectivity index (χ2v) is 7.85. The van der Waals surface area contributed by atoms with Crippen molar-refractivity contribution in [3.05, 3.63) is 36.9 Å². The number of rotatable bonds is 6. The summed E-state index contributed by atoms with van der Waals surface area (Å²) in [5.74, 6) is 0.348. The molecule has 0 spiro atoms. The van der Waals surface area contributed by atoms with Crippen LogP contribution >= 0.6 is 24.8 Å². The van der Waals surface area contributed by atoms with Crippen LogP contribution in [0.25, 0.3) is 0 Å². The van der Waals surface area contributed by atoms with Crippen LogP contribution in [-0.2, 0) is 9.59 Å². The first-order valence-corrected chi connectivity index (χ1v) is 9.88. The Hall–Kier alpha value is -2.16. The Morgan fingerprint density at radius 1 is 1.10 bits per heavy atom. The van der Waals surface area contributed by atoms with E-state index >= 15 is 0 Å². The monoisotopic (exact) mass is 454 g/mol. The van der Waals surface area contributed by atoms with Crippen LogP contribution in [0.2, 0.25) is 0 Å². The van der Waals surface area contributed by atoms with Crippen LogP contribution in [0.15, 0.2) is 36.9 Å². The molecule has 2 bridgehead atoms. The number of anilines is 2. The number of piperidine rings is 1. The zero-order valence-electron chi connectivity index (χ0n) is 16.8. The molecule has 2 amide bonds. The first-order valence-electron chi connectivity index (χ1n) is 9.88. The van der Waals surface area contributed by atoms with Gasteiger partial charge in [-0.2, -0.15) is 5.10 Å². The quantitative estimate of drug-likeness (QED) is 0.621. The van der Waals surface area contributed by atoms with Gasteiger partial charge in [-0.3, -0.25) is 9.59 Å². The number of nitrogens with zero attached hydrogens (tertiary/aromatic N) is 3. The molecule has 0 aliphatic carbocycles. The third-order valence-electron chi connectivity index (χ3n) is 5.69. The van der Waals surface area contributed by atoms with E-state index in [2.05, 4.69) is 26.0 Å². The second-order valence-electron chi connectivity index (χ2n) is 7.85. The number of carbonyl (C=O) groups is 2. The van der Waals surface area contributed by atoms with Gasteiger partial charge in [0, 0.05) is 29.9 Å². The highest BCUT2D eigenvalue weighted by atomic mass is 35.5. The van der Waals surface area contributed by atoms with Crippen molar-refractivity contribution in [1.29, 1.82) is 0 Å². The van der Waals surface area contributed by atoms with Gasteiger partial charge in [0.1, 0.15) is 18.7 Å². The van der Waals surface area contributed by atoms with Crippen molar-refractivity contribution in [1.82, 2.24) is 20.1 Å². The molecule has 3 atom stereocenters. The molecule has 164 valence electrons. The average Bonchev–Trinajstić information content (AvgIpc) is 3.32. The predicted octanol–water partition coefficient (Wildman–Crippen LogP) is 3.18. The fourth-order valence-electron chi connectivity index (χ4n) is 4.24. The van der Waals surface area contributed by atoms with Gasteiger partial charge in [0.25, 0.3) is 0 Å². The number of halogens is 2. The summed E-state index contributed by atoms with van der Waals surface area (Å²) in [5.41, 5.74) is 1.41. The lowest BCUT2D eigenvalue weighted by Gasteiger charge is -2.28. The van der Waals surface area contributed by atoms with Gasteiger partial charge in [-0.05, 0) is 62.8 Å². The van der Waals surface area contributed by atoms with Gasteiger partial charge in [-0.15, -0.1) is 24.8 Å². The highest BCUT2D eigenvalue weighted by Crippen LogP contribution is 2.32. The fraction of sp³-hybridized carbons (Fsp3) is 0.500. The maximum Gasteiger partial charge on any atom is 0.249 e. The van der Waals surface area contributed by atoms with Gasteiger partial charge in [0.15, 0.2) is 0 Å². The van der Waals surface area contributed by atoms with Crippen LogP contribution in [0, 0.1) is 5.92 Å². The number of nitrogens with one attached hydrogen (secondary N) is 3. The molecule has 1 aromatic heterocycles. The summed E-state index contributed by atoms with van der Waals surface area (Å²) in [6.07, 6.45) is 8.16. The Bertz CT molecular complexity index is 818. The molecule has 8 nitrogen and oxygen atoms in total. The standard InChI is InChI=1S/C20H26N6O2.2ClH/c1-13(26-12-21-11-22-26)20(28)25-16-4-2-15(3-5-16)24-19(27)10-14-8-17-6-7-18(9-14)23-17;;/h2-5,11-14,17-18,23H,6-10H2,1H3,(H,24,27)(H,25,28);2*1H. The largest absolute Gasteiger partial charge is 0.326 e. The molecule has 2 aliphatic heterocycles. The van der Waals surface area contributed by atoms with Gasteiger partial charge in [0.05, 0.1) is 0 Å². The molecule has 0 radical (unpaired) electrons. The highest BCUT2D eigenvalue weighted by molar-refractivity contribution is 5.94. The zero-order valence-corrected chi connectivity index (χ0v) is 18.4. The predicted molar refractivity (Wildman–Crippen MR) is 120 cm³/mol. The first-order chi connectivity index (χ1) is 13.6. The molecular formula is C20H28Cl2N6O2. The molecule has 2 saturated heterocycles. The number of carbonyl (C=O) groups excluding carboxylic acids is 2. The topological polar surface area (TPSA) is 101 Å². The summed E-state index contributed by atoms with van der Waals surface area (Å²) in [6.45, 7) is 1.76. The van der Waals surface area contributed by atoms with Crippen LogP contribution in [0.1, 0.15) is 45.1 Å². The molecule has 30 heavy (non-hydrogen) atoms. The third-order valence-corrected chi connectivity index (χ3v) is 5.69. The van der Waals surface area contributed by atoms with E-state index in [1.165, 1.54) is 30.2 Å². The lowest BCUT2D eigenvalue weighted by molar-refractivity contribution is -0.119. The summed E-state index contributed by atoms with van der Waals surface area (Å²) in [7, 11) is 0. The van der Waals surface area contributed by atoms with E-state index in [-0.39, 0.29) is 36.6 Å². The van der Waals surface area contributed by atoms with Gasteiger partial charge < -0.3 is 16.0 Å². The van der Waals surface area contributed by atoms with E-state index in [1.54, 1.807) is 31.2 Å². The Labute approximate surface area is 188 Å². The normalized spacial score (nSPS) is 22.9. The van der Waals surface area contributed by atoms with Crippen LogP contribution in [0.5, 0.6) is 0 Å². The van der Waals surface area contributed by atoms with E-state index in [9.17, 15) is 9.59 Å². The van der Waals surface area contributed by atoms with Crippen molar-refractivity contribution in [3.63, 3.8) is 0 Å². The maximum atomic E-state index is 12.4. The number of hydrogen-bond acceptors (Lipinski definition) is 5. The van der Waals surface area contributed by atoms with Crippen molar-refractivity contribution >= 4 is 48.0 Å². The number of aromatic nitrogens is 3. The molecule has 2 aromatic rings. The van der Waals surface area contributed by atoms with E-state index < -0.39 is 6.04 Å². The fourth-order valence-corrected chi connectivity index (χ4v) is 4.24. The second kappa shape index (κ2) is 10.7. The van der Waals surface area contributed by atoms with Gasteiger partial charge in [-0.25, -0.2) is 9.67 Å². The number of fused-ring (bicyclic) bond motifs is 2. The molecule has 2 fully saturated rings. The van der Waals surface area contributed by atoms with E-state index in [1.807, 2.05) is 0 Å². The minimum absolute atomic E-state index is 0. The van der Waals surface area contributed by atoms with Gasteiger partial charge in [-0.1, -0.05) is 0 Å². The molecule has 1 aromatic carbocycles. The molecule has 3 unspecified atom stereocenters. The maximum absolute atomic E-state index is 12.4. The number of amides is 2. The molecule has 10 heteroatoms. The van der Waals surface area contributed by atoms with Gasteiger partial charge >= 0.3 is 0 Å². The third kappa shape index (κ3) is 5.93. The van der Waals surface area contributed by atoms with Crippen molar-refractivity contribution in [2.24, 2.45) is 5.92 Å². The van der Waals surface area contributed by atoms with Crippen molar-refractivity contribution in [2.45, 2.75) is 57.2 Å². The highest BCUT2D eigenvalue weighted by Gasteiger charge is 2.34. The van der Waals surface area contributed by atoms with Crippen molar-refractivity contribution < 1.29 is 9.59 Å². The summed E-state index contributed by atoms with van der Waals surface area (Å²) in [4.78, 5) is 28.5. The van der Waals surface area contributed by atoms with Crippen molar-refractivity contribution in [3.8, 4) is 0 Å². The van der Waals surface area contributed by atoms with Crippen molar-refractivity contribution in [2.75, 3.05) is 10.6 Å². The van der Waals surface area contributed by atoms with E-state index in [0.717, 1.165) is 18.5 Å². The molecule has 2 aliphatic rings. The lowest BCUT2D eigenvalue weighted by atomic mass is 9.89. The summed E-state index contributed by atoms with van der Waals surface area (Å²) in [6, 6.07) is 7.92. The minimum atomic E-state index is -0.456. The molecule has 3 N–H and O–H groups in total. The molecular weight excluding hydrogens is 427 g/mol. The van der Waals surface area contributed by atoms with E-state index in [4.69, 9.17) is 0 Å². The minimum Gasteiger partial charge on any atom is -0.326 e. The van der Waals surface area contributed by atoms with Crippen LogP contribution in [0.3, 0.4) is 0 Å². The zero-order chi connectivity index (χ0) is 19.5. The Balaban J connectivity index is 0.00000160. The molecule has 0 saturated carbocycles. The number of hydrogen-bond donors (Lipinski definition) is 3. The lowest BCUT2D eigenvalue weighted by Crippen LogP contribution is -2.39. The summed E-state index contributed by atoms with van der Waals surface area (Å²) in [5, 5.41) is 13.4. The molecule has 3 heterocycles. The smallest absolute Gasteiger partial charge is 0.249 e. The number of benzene rings is 1. The van der Waals surface area contributed by atoms with Gasteiger partial charge in [0.2, 0.25) is 11.8 Å². The Morgan fingerprint density at radius 3 is 2.27 bits per heavy atom. The van der Waals surface area contributed by atoms with Crippen LogP contribution < -0.4 is 16.0 Å². The van der Waals surface area contributed by atoms with E-state index in [0.29, 0.717) is 30.1 Å². The Morgan fingerprint density at radius 2 is 1.70 bits per heavy atom. The van der Waals surface area contributed by atoms with Crippen LogP contribution in [-0.4, -0.2) is 38.7 Å². The SMILES string of the molecule is CC(C(=O)Nc1ccc(NC(=O)CC2CC3CCC(C2)N3)cc1)n1cncn1.Cl.Cl. The Kier molecular flexibility index (Phi) is 8.64. The summed E-state index contributed by atoms with van der Waals surface area (Å²) >= 11 is 0. The average molecular weight is 455 g/mol. The first kappa shape index (κ1) is 24.1. The molecule has 4 rings (SSSR count).